The van der Waals surface area contributed by atoms with Gasteiger partial charge in [0.25, 0.3) is 0 Å². The van der Waals surface area contributed by atoms with Crippen LogP contribution in [0.1, 0.15) is 19.4 Å². The fraction of sp³-hybridized carbons (Fsp3) is 0.286. The first-order valence-electron chi connectivity index (χ1n) is 5.89. The predicted molar refractivity (Wildman–Crippen MR) is 77.7 cm³/mol. The van der Waals surface area contributed by atoms with Crippen LogP contribution in [0.3, 0.4) is 0 Å². The van der Waals surface area contributed by atoms with E-state index in [2.05, 4.69) is 34.3 Å². The van der Waals surface area contributed by atoms with Crippen LogP contribution in [-0.2, 0) is 6.54 Å². The van der Waals surface area contributed by atoms with Crippen LogP contribution in [0.4, 0.5) is 4.39 Å². The number of benzene rings is 1. The highest BCUT2D eigenvalue weighted by Gasteiger charge is 2.11. The SMILES string of the molecule is CC(C)Cn1cc(/C=C/N)c2cc(F)c(Br)cc21. The minimum absolute atomic E-state index is 0.253. The van der Waals surface area contributed by atoms with Crippen molar-refractivity contribution < 1.29 is 4.39 Å². The molecule has 4 heteroatoms. The zero-order chi connectivity index (χ0) is 13.3. The van der Waals surface area contributed by atoms with Crippen molar-refractivity contribution in [3.63, 3.8) is 0 Å². The number of nitrogens with zero attached hydrogens (tertiary/aromatic N) is 1. The number of hydrogen-bond acceptors (Lipinski definition) is 1. The zero-order valence-corrected chi connectivity index (χ0v) is 12.0. The highest BCUT2D eigenvalue weighted by Crippen LogP contribution is 2.28. The smallest absolute Gasteiger partial charge is 0.138 e. The third kappa shape index (κ3) is 2.43. The fourth-order valence-electron chi connectivity index (χ4n) is 2.09. The fourth-order valence-corrected chi connectivity index (χ4v) is 2.42. The Balaban J connectivity index is 2.68. The van der Waals surface area contributed by atoms with Gasteiger partial charge in [-0.2, -0.15) is 0 Å². The number of fused-ring (bicyclic) bond motifs is 1. The van der Waals surface area contributed by atoms with Crippen molar-refractivity contribution in [3.05, 3.63) is 40.4 Å². The molecule has 0 radical (unpaired) electrons. The molecule has 1 aromatic heterocycles. The molecule has 0 aliphatic rings. The van der Waals surface area contributed by atoms with Crippen LogP contribution in [0, 0.1) is 11.7 Å². The Labute approximate surface area is 114 Å². The maximum atomic E-state index is 13.6. The molecule has 18 heavy (non-hydrogen) atoms. The van der Waals surface area contributed by atoms with Crippen LogP contribution >= 0.6 is 15.9 Å². The lowest BCUT2D eigenvalue weighted by molar-refractivity contribution is 0.535. The average Bonchev–Trinajstić information content (AvgIpc) is 2.58. The first-order chi connectivity index (χ1) is 8.52. The largest absolute Gasteiger partial charge is 0.405 e. The monoisotopic (exact) mass is 310 g/mol. The Kier molecular flexibility index (Phi) is 3.76. The second-order valence-corrected chi connectivity index (χ2v) is 5.63. The summed E-state index contributed by atoms with van der Waals surface area (Å²) in [4.78, 5) is 0. The van der Waals surface area contributed by atoms with Crippen molar-refractivity contribution in [3.8, 4) is 0 Å². The summed E-state index contributed by atoms with van der Waals surface area (Å²) in [6.07, 6.45) is 5.29. The van der Waals surface area contributed by atoms with Gasteiger partial charge in [0.15, 0.2) is 0 Å². The molecule has 0 bridgehead atoms. The van der Waals surface area contributed by atoms with Crippen molar-refractivity contribution in [1.82, 2.24) is 4.57 Å². The van der Waals surface area contributed by atoms with Crippen molar-refractivity contribution >= 4 is 32.9 Å². The van der Waals surface area contributed by atoms with E-state index in [1.165, 1.54) is 6.20 Å². The lowest BCUT2D eigenvalue weighted by atomic mass is 10.1. The van der Waals surface area contributed by atoms with Gasteiger partial charge in [-0.05, 0) is 46.3 Å². The molecule has 2 nitrogen and oxygen atoms in total. The third-order valence-electron chi connectivity index (χ3n) is 2.79. The van der Waals surface area contributed by atoms with Gasteiger partial charge in [-0.15, -0.1) is 0 Å². The molecule has 0 spiro atoms. The van der Waals surface area contributed by atoms with Crippen molar-refractivity contribution in [2.75, 3.05) is 0 Å². The Morgan fingerprint density at radius 1 is 1.44 bits per heavy atom. The van der Waals surface area contributed by atoms with Gasteiger partial charge in [0.2, 0.25) is 0 Å². The predicted octanol–water partition coefficient (Wildman–Crippen LogP) is 4.13. The van der Waals surface area contributed by atoms with E-state index in [1.807, 2.05) is 12.3 Å². The van der Waals surface area contributed by atoms with Gasteiger partial charge < -0.3 is 10.3 Å². The lowest BCUT2D eigenvalue weighted by Crippen LogP contribution is -2.02. The third-order valence-corrected chi connectivity index (χ3v) is 3.40. The summed E-state index contributed by atoms with van der Waals surface area (Å²) < 4.78 is 16.3. The minimum Gasteiger partial charge on any atom is -0.405 e. The standard InChI is InChI=1S/C14H16BrFN2/c1-9(2)7-18-8-10(3-4-17)11-5-13(16)12(15)6-14(11)18/h3-6,8-9H,7,17H2,1-2H3/b4-3+. The molecule has 0 fully saturated rings. The van der Waals surface area contributed by atoms with Crippen LogP contribution in [-0.4, -0.2) is 4.57 Å². The van der Waals surface area contributed by atoms with Crippen molar-refractivity contribution in [2.45, 2.75) is 20.4 Å². The first kappa shape index (κ1) is 13.1. The Bertz CT molecular complexity index is 599. The minimum atomic E-state index is -0.253. The Hall–Kier alpha value is -1.29. The van der Waals surface area contributed by atoms with Crippen LogP contribution in [0.25, 0.3) is 17.0 Å². The molecule has 0 atom stereocenters. The van der Waals surface area contributed by atoms with E-state index >= 15 is 0 Å². The summed E-state index contributed by atoms with van der Waals surface area (Å²) in [6.45, 7) is 5.21. The van der Waals surface area contributed by atoms with E-state index in [4.69, 9.17) is 5.73 Å². The van der Waals surface area contributed by atoms with Gasteiger partial charge in [0, 0.05) is 29.2 Å². The molecule has 0 unspecified atom stereocenters. The van der Waals surface area contributed by atoms with Gasteiger partial charge in [-0.3, -0.25) is 0 Å². The van der Waals surface area contributed by atoms with Crippen LogP contribution in [0.15, 0.2) is 29.0 Å². The van der Waals surface area contributed by atoms with Gasteiger partial charge >= 0.3 is 0 Å². The molecule has 0 aliphatic carbocycles. The van der Waals surface area contributed by atoms with Crippen LogP contribution in [0.2, 0.25) is 0 Å². The van der Waals surface area contributed by atoms with Gasteiger partial charge in [-0.1, -0.05) is 13.8 Å². The summed E-state index contributed by atoms with van der Waals surface area (Å²) >= 11 is 3.23. The van der Waals surface area contributed by atoms with E-state index in [0.29, 0.717) is 10.4 Å². The number of hydrogen-bond donors (Lipinski definition) is 1. The number of nitrogens with two attached hydrogens (primary N) is 1. The second-order valence-electron chi connectivity index (χ2n) is 4.77. The maximum absolute atomic E-state index is 13.6. The molecular formula is C14H16BrFN2. The molecule has 1 heterocycles. The molecule has 0 amide bonds. The molecule has 0 aliphatic heterocycles. The summed E-state index contributed by atoms with van der Waals surface area (Å²) in [5.74, 6) is 0.274. The summed E-state index contributed by atoms with van der Waals surface area (Å²) in [5, 5.41) is 0.887. The zero-order valence-electron chi connectivity index (χ0n) is 10.5. The molecule has 1 aromatic carbocycles. The number of aromatic nitrogens is 1. The summed E-state index contributed by atoms with van der Waals surface area (Å²) in [5.41, 5.74) is 7.40. The van der Waals surface area contributed by atoms with E-state index in [-0.39, 0.29) is 5.82 Å². The quantitative estimate of drug-likeness (QED) is 0.908. The summed E-state index contributed by atoms with van der Waals surface area (Å²) in [6, 6.07) is 3.37. The van der Waals surface area contributed by atoms with Gasteiger partial charge in [0.1, 0.15) is 5.82 Å². The molecule has 2 rings (SSSR count). The van der Waals surface area contributed by atoms with E-state index in [1.54, 1.807) is 12.1 Å². The number of halogens is 2. The van der Waals surface area contributed by atoms with Crippen molar-refractivity contribution in [2.24, 2.45) is 11.7 Å². The van der Waals surface area contributed by atoms with Crippen LogP contribution in [0.5, 0.6) is 0 Å². The van der Waals surface area contributed by atoms with E-state index in [0.717, 1.165) is 23.0 Å². The van der Waals surface area contributed by atoms with E-state index in [9.17, 15) is 4.39 Å². The van der Waals surface area contributed by atoms with Gasteiger partial charge in [0.05, 0.1) is 4.47 Å². The molecule has 0 saturated carbocycles. The van der Waals surface area contributed by atoms with Crippen molar-refractivity contribution in [1.29, 1.82) is 0 Å². The maximum Gasteiger partial charge on any atom is 0.138 e. The normalized spacial score (nSPS) is 12.1. The second kappa shape index (κ2) is 5.14. The lowest BCUT2D eigenvalue weighted by Gasteiger charge is -2.08. The highest BCUT2D eigenvalue weighted by atomic mass is 79.9. The molecule has 96 valence electrons. The molecule has 0 saturated heterocycles. The number of rotatable bonds is 3. The Morgan fingerprint density at radius 3 is 2.78 bits per heavy atom. The summed E-state index contributed by atoms with van der Waals surface area (Å²) in [7, 11) is 0. The molecular weight excluding hydrogens is 295 g/mol. The topological polar surface area (TPSA) is 30.9 Å². The molecule has 2 aromatic rings. The van der Waals surface area contributed by atoms with Gasteiger partial charge in [-0.25, -0.2) is 4.39 Å². The van der Waals surface area contributed by atoms with Crippen LogP contribution < -0.4 is 5.73 Å². The first-order valence-corrected chi connectivity index (χ1v) is 6.68. The average molecular weight is 311 g/mol. The highest BCUT2D eigenvalue weighted by molar-refractivity contribution is 9.10. The Morgan fingerprint density at radius 2 is 2.17 bits per heavy atom. The molecule has 2 N–H and O–H groups in total. The van der Waals surface area contributed by atoms with E-state index < -0.39 is 0 Å².